The van der Waals surface area contributed by atoms with Gasteiger partial charge in [-0.15, -0.1) is 0 Å². The molecule has 2 aromatic heterocycles. The molecule has 0 spiro atoms. The first-order chi connectivity index (χ1) is 11.8. The van der Waals surface area contributed by atoms with E-state index in [1.807, 2.05) is 67.0 Å². The summed E-state index contributed by atoms with van der Waals surface area (Å²) in [5.74, 6) is 1.48. The van der Waals surface area contributed by atoms with Crippen molar-refractivity contribution in [3.05, 3.63) is 72.7 Å². The van der Waals surface area contributed by atoms with Crippen LogP contribution in [-0.4, -0.2) is 23.7 Å². The largest absolute Gasteiger partial charge is 0.497 e. The van der Waals surface area contributed by atoms with E-state index >= 15 is 0 Å². The number of ether oxygens (including phenoxy) is 2. The van der Waals surface area contributed by atoms with Crippen LogP contribution >= 0.6 is 0 Å². The molecule has 0 saturated carbocycles. The lowest BCUT2D eigenvalue weighted by molar-refractivity contribution is 0.299. The predicted octanol–water partition coefficient (Wildman–Crippen LogP) is 4.16. The fraction of sp³-hybridized carbons (Fsp3) is 0.200. The van der Waals surface area contributed by atoms with E-state index in [1.165, 1.54) is 0 Å². The molecule has 1 aromatic carbocycles. The van der Waals surface area contributed by atoms with Crippen molar-refractivity contribution in [3.8, 4) is 22.8 Å². The van der Waals surface area contributed by atoms with Crippen molar-refractivity contribution in [1.29, 1.82) is 0 Å². The zero-order chi connectivity index (χ0) is 16.6. The zero-order valence-corrected chi connectivity index (χ0v) is 13.7. The molecule has 0 N–H and O–H groups in total. The van der Waals surface area contributed by atoms with Gasteiger partial charge in [-0.1, -0.05) is 18.2 Å². The SMILES string of the molecule is COc1cccc(-c2ccc(OCCCc3ccccn3)nc2)c1. The van der Waals surface area contributed by atoms with Crippen LogP contribution in [0.5, 0.6) is 11.6 Å². The van der Waals surface area contributed by atoms with Crippen LogP contribution in [0, 0.1) is 0 Å². The minimum Gasteiger partial charge on any atom is -0.497 e. The van der Waals surface area contributed by atoms with Crippen molar-refractivity contribution in [3.63, 3.8) is 0 Å². The van der Waals surface area contributed by atoms with Crippen molar-refractivity contribution in [1.82, 2.24) is 9.97 Å². The first kappa shape index (κ1) is 16.0. The Balaban J connectivity index is 1.53. The highest BCUT2D eigenvalue weighted by molar-refractivity contribution is 5.64. The number of hydrogen-bond acceptors (Lipinski definition) is 4. The Kier molecular flexibility index (Phi) is 5.40. The Hall–Kier alpha value is -2.88. The number of methoxy groups -OCH3 is 1. The summed E-state index contributed by atoms with van der Waals surface area (Å²) in [5, 5.41) is 0. The van der Waals surface area contributed by atoms with E-state index in [1.54, 1.807) is 7.11 Å². The van der Waals surface area contributed by atoms with Crippen LogP contribution in [0.3, 0.4) is 0 Å². The maximum atomic E-state index is 5.70. The highest BCUT2D eigenvalue weighted by Gasteiger charge is 2.02. The van der Waals surface area contributed by atoms with Gasteiger partial charge in [0, 0.05) is 29.7 Å². The molecular weight excluding hydrogens is 300 g/mol. The number of benzene rings is 1. The van der Waals surface area contributed by atoms with Gasteiger partial charge in [-0.25, -0.2) is 4.98 Å². The Labute approximate surface area is 142 Å². The van der Waals surface area contributed by atoms with Crippen LogP contribution in [0.2, 0.25) is 0 Å². The third kappa shape index (κ3) is 4.32. The van der Waals surface area contributed by atoms with E-state index in [9.17, 15) is 0 Å². The minimum absolute atomic E-state index is 0.627. The summed E-state index contributed by atoms with van der Waals surface area (Å²) >= 11 is 0. The van der Waals surface area contributed by atoms with E-state index in [-0.39, 0.29) is 0 Å². The Morgan fingerprint density at radius 3 is 2.62 bits per heavy atom. The Bertz CT molecular complexity index is 758. The summed E-state index contributed by atoms with van der Waals surface area (Å²) in [6, 6.07) is 17.8. The van der Waals surface area contributed by atoms with Gasteiger partial charge < -0.3 is 9.47 Å². The fourth-order valence-corrected chi connectivity index (χ4v) is 2.42. The van der Waals surface area contributed by atoms with E-state index in [0.29, 0.717) is 12.5 Å². The zero-order valence-electron chi connectivity index (χ0n) is 13.7. The summed E-state index contributed by atoms with van der Waals surface area (Å²) in [4.78, 5) is 8.68. The lowest BCUT2D eigenvalue weighted by atomic mass is 10.1. The normalized spacial score (nSPS) is 10.4. The van der Waals surface area contributed by atoms with Crippen LogP contribution in [-0.2, 0) is 6.42 Å². The molecule has 0 radical (unpaired) electrons. The average molecular weight is 320 g/mol. The van der Waals surface area contributed by atoms with Crippen molar-refractivity contribution in [2.45, 2.75) is 12.8 Å². The van der Waals surface area contributed by atoms with Crippen molar-refractivity contribution < 1.29 is 9.47 Å². The summed E-state index contributed by atoms with van der Waals surface area (Å²) in [6.07, 6.45) is 5.46. The Morgan fingerprint density at radius 1 is 0.917 bits per heavy atom. The second-order valence-corrected chi connectivity index (χ2v) is 5.39. The van der Waals surface area contributed by atoms with Gasteiger partial charge >= 0.3 is 0 Å². The molecular formula is C20H20N2O2. The summed E-state index contributed by atoms with van der Waals surface area (Å²) in [5.41, 5.74) is 3.20. The molecule has 2 heterocycles. The molecule has 24 heavy (non-hydrogen) atoms. The highest BCUT2D eigenvalue weighted by Crippen LogP contribution is 2.24. The third-order valence-electron chi connectivity index (χ3n) is 3.69. The average Bonchev–Trinajstić information content (AvgIpc) is 2.66. The fourth-order valence-electron chi connectivity index (χ4n) is 2.42. The number of nitrogens with zero attached hydrogens (tertiary/aromatic N) is 2. The number of hydrogen-bond donors (Lipinski definition) is 0. The predicted molar refractivity (Wildman–Crippen MR) is 94.3 cm³/mol. The van der Waals surface area contributed by atoms with E-state index < -0.39 is 0 Å². The molecule has 0 bridgehead atoms. The van der Waals surface area contributed by atoms with E-state index in [0.717, 1.165) is 35.4 Å². The lowest BCUT2D eigenvalue weighted by Crippen LogP contribution is -2.01. The number of aromatic nitrogens is 2. The Morgan fingerprint density at radius 2 is 1.88 bits per heavy atom. The van der Waals surface area contributed by atoms with Gasteiger partial charge in [0.05, 0.1) is 13.7 Å². The van der Waals surface area contributed by atoms with Gasteiger partial charge in [0.15, 0.2) is 0 Å². The van der Waals surface area contributed by atoms with Crippen LogP contribution in [0.4, 0.5) is 0 Å². The molecule has 0 aliphatic heterocycles. The topological polar surface area (TPSA) is 44.2 Å². The summed E-state index contributed by atoms with van der Waals surface area (Å²) < 4.78 is 11.0. The van der Waals surface area contributed by atoms with Crippen molar-refractivity contribution in [2.75, 3.05) is 13.7 Å². The third-order valence-corrected chi connectivity index (χ3v) is 3.69. The van der Waals surface area contributed by atoms with Crippen LogP contribution in [0.15, 0.2) is 67.0 Å². The molecule has 3 rings (SSSR count). The quantitative estimate of drug-likeness (QED) is 0.613. The number of pyridine rings is 2. The second kappa shape index (κ2) is 8.11. The van der Waals surface area contributed by atoms with Gasteiger partial charge in [-0.3, -0.25) is 4.98 Å². The molecule has 0 atom stereocenters. The molecule has 0 unspecified atom stereocenters. The van der Waals surface area contributed by atoms with Crippen LogP contribution in [0.25, 0.3) is 11.1 Å². The minimum atomic E-state index is 0.627. The summed E-state index contributed by atoms with van der Waals surface area (Å²) in [6.45, 7) is 0.627. The highest BCUT2D eigenvalue weighted by atomic mass is 16.5. The van der Waals surface area contributed by atoms with Crippen molar-refractivity contribution >= 4 is 0 Å². The number of rotatable bonds is 7. The first-order valence-corrected chi connectivity index (χ1v) is 7.98. The lowest BCUT2D eigenvalue weighted by Gasteiger charge is -2.07. The molecule has 122 valence electrons. The van der Waals surface area contributed by atoms with Gasteiger partial charge in [0.25, 0.3) is 0 Å². The molecule has 4 heteroatoms. The molecule has 3 aromatic rings. The number of aryl methyl sites for hydroxylation is 1. The molecule has 0 aliphatic rings. The molecule has 0 saturated heterocycles. The maximum Gasteiger partial charge on any atom is 0.213 e. The molecule has 4 nitrogen and oxygen atoms in total. The summed E-state index contributed by atoms with van der Waals surface area (Å²) in [7, 11) is 1.67. The van der Waals surface area contributed by atoms with Crippen molar-refractivity contribution in [2.24, 2.45) is 0 Å². The standard InChI is InChI=1S/C20H20N2O2/c1-23-19-9-4-6-16(14-19)17-10-11-20(22-15-17)24-13-5-8-18-7-2-3-12-21-18/h2-4,6-7,9-12,14-15H,5,8,13H2,1H3. The van der Waals surface area contributed by atoms with Gasteiger partial charge in [-0.05, 0) is 48.7 Å². The monoisotopic (exact) mass is 320 g/mol. The molecule has 0 aliphatic carbocycles. The second-order valence-electron chi connectivity index (χ2n) is 5.39. The van der Waals surface area contributed by atoms with E-state index in [4.69, 9.17) is 9.47 Å². The molecule has 0 amide bonds. The van der Waals surface area contributed by atoms with Gasteiger partial charge in [-0.2, -0.15) is 0 Å². The smallest absolute Gasteiger partial charge is 0.213 e. The van der Waals surface area contributed by atoms with Crippen LogP contribution < -0.4 is 9.47 Å². The van der Waals surface area contributed by atoms with Crippen LogP contribution in [0.1, 0.15) is 12.1 Å². The first-order valence-electron chi connectivity index (χ1n) is 7.98. The van der Waals surface area contributed by atoms with Gasteiger partial charge in [0.2, 0.25) is 5.88 Å². The maximum absolute atomic E-state index is 5.70. The van der Waals surface area contributed by atoms with E-state index in [2.05, 4.69) is 9.97 Å². The van der Waals surface area contributed by atoms with Gasteiger partial charge in [0.1, 0.15) is 5.75 Å². The molecule has 0 fully saturated rings.